The van der Waals surface area contributed by atoms with Gasteiger partial charge in [-0.05, 0) is 136 Å². The minimum Gasteiger partial charge on any atom is -0.310 e. The summed E-state index contributed by atoms with van der Waals surface area (Å²) in [6.07, 6.45) is 0. The highest BCUT2D eigenvalue weighted by atomic mass is 15.1. The lowest BCUT2D eigenvalue weighted by Gasteiger charge is -2.36. The summed E-state index contributed by atoms with van der Waals surface area (Å²) in [5.41, 5.74) is 24.0. The Kier molecular flexibility index (Phi) is 10.0. The molecular weight excluding hydrogens is 831 g/mol. The van der Waals surface area contributed by atoms with E-state index in [1.807, 2.05) is 0 Å². The molecule has 1 nitrogen and oxygen atoms in total. The van der Waals surface area contributed by atoms with Crippen molar-refractivity contribution in [2.24, 2.45) is 0 Å². The van der Waals surface area contributed by atoms with Gasteiger partial charge in [0.25, 0.3) is 0 Å². The molecule has 2 aliphatic carbocycles. The summed E-state index contributed by atoms with van der Waals surface area (Å²) in [6, 6.07) is 90.9. The first-order chi connectivity index (χ1) is 33.6. The van der Waals surface area contributed by atoms with E-state index in [0.29, 0.717) is 0 Å². The number of anilines is 3. The summed E-state index contributed by atoms with van der Waals surface area (Å²) < 4.78 is 0. The van der Waals surface area contributed by atoms with Gasteiger partial charge in [-0.25, -0.2) is 0 Å². The topological polar surface area (TPSA) is 3.24 Å². The number of nitrogens with zero attached hydrogens (tertiary/aromatic N) is 1. The zero-order valence-electron chi connectivity index (χ0n) is 40.0. The van der Waals surface area contributed by atoms with Crippen LogP contribution in [0.2, 0.25) is 0 Å². The normalized spacial score (nSPS) is 13.8. The van der Waals surface area contributed by atoms with Crippen molar-refractivity contribution in [3.05, 3.63) is 282 Å². The van der Waals surface area contributed by atoms with E-state index in [1.165, 1.54) is 94.6 Å². The Morgan fingerprint density at radius 3 is 1.45 bits per heavy atom. The Morgan fingerprint density at radius 2 is 0.812 bits per heavy atom. The van der Waals surface area contributed by atoms with Crippen molar-refractivity contribution in [1.29, 1.82) is 0 Å². The van der Waals surface area contributed by atoms with Gasteiger partial charge in [0.1, 0.15) is 0 Å². The monoisotopic (exact) mass is 885 g/mol. The summed E-state index contributed by atoms with van der Waals surface area (Å²) in [4.78, 5) is 2.50. The maximum Gasteiger partial charge on any atom is 0.0720 e. The van der Waals surface area contributed by atoms with Gasteiger partial charge in [0.15, 0.2) is 0 Å². The van der Waals surface area contributed by atoms with E-state index in [9.17, 15) is 0 Å². The number of fused-ring (bicyclic) bond motifs is 6. The van der Waals surface area contributed by atoms with E-state index in [1.54, 1.807) is 0 Å². The lowest BCUT2D eigenvalue weighted by atomic mass is 9.65. The van der Waals surface area contributed by atoms with Crippen LogP contribution < -0.4 is 4.90 Å². The van der Waals surface area contributed by atoms with E-state index < -0.39 is 5.41 Å². The number of benzene rings is 10. The summed E-state index contributed by atoms with van der Waals surface area (Å²) in [5, 5.41) is 0. The first kappa shape index (κ1) is 42.4. The molecule has 12 rings (SSSR count). The van der Waals surface area contributed by atoms with Gasteiger partial charge >= 0.3 is 0 Å². The van der Waals surface area contributed by atoms with E-state index >= 15 is 0 Å². The van der Waals surface area contributed by atoms with Gasteiger partial charge in [0, 0.05) is 22.5 Å². The molecule has 0 atom stereocenters. The van der Waals surface area contributed by atoms with Crippen LogP contribution in [0.5, 0.6) is 0 Å². The largest absolute Gasteiger partial charge is 0.310 e. The molecule has 10 aromatic rings. The number of hydrogen-bond donors (Lipinski definition) is 0. The lowest BCUT2D eigenvalue weighted by Crippen LogP contribution is -2.29. The molecule has 0 aliphatic heterocycles. The highest BCUT2D eigenvalue weighted by molar-refractivity contribution is 6.01. The Morgan fingerprint density at radius 1 is 0.333 bits per heavy atom. The quantitative estimate of drug-likeness (QED) is 0.147. The molecule has 0 aromatic heterocycles. The fourth-order valence-corrected chi connectivity index (χ4v) is 11.7. The lowest BCUT2D eigenvalue weighted by molar-refractivity contribution is 0.590. The Hall–Kier alpha value is -8.00. The van der Waals surface area contributed by atoms with Crippen molar-refractivity contribution in [2.45, 2.75) is 50.9 Å². The minimum absolute atomic E-state index is 0.0349. The molecule has 0 amide bonds. The third-order valence-corrected chi connectivity index (χ3v) is 15.1. The van der Waals surface area contributed by atoms with Crippen LogP contribution in [0.1, 0.15) is 73.6 Å². The van der Waals surface area contributed by atoms with Crippen molar-refractivity contribution in [2.75, 3.05) is 4.90 Å². The van der Waals surface area contributed by atoms with Crippen LogP contribution in [0, 0.1) is 0 Å². The van der Waals surface area contributed by atoms with Crippen LogP contribution in [0.25, 0.3) is 55.6 Å². The first-order valence-electron chi connectivity index (χ1n) is 24.4. The van der Waals surface area contributed by atoms with Gasteiger partial charge in [0.2, 0.25) is 0 Å². The van der Waals surface area contributed by atoms with Gasteiger partial charge in [0.05, 0.1) is 5.41 Å². The third-order valence-electron chi connectivity index (χ3n) is 15.1. The van der Waals surface area contributed by atoms with Gasteiger partial charge in [-0.3, -0.25) is 0 Å². The van der Waals surface area contributed by atoms with E-state index in [0.717, 1.165) is 17.1 Å². The van der Waals surface area contributed by atoms with Gasteiger partial charge < -0.3 is 4.90 Å². The van der Waals surface area contributed by atoms with Gasteiger partial charge in [-0.2, -0.15) is 0 Å². The van der Waals surface area contributed by atoms with Gasteiger partial charge in [-0.15, -0.1) is 0 Å². The van der Waals surface area contributed by atoms with Crippen LogP contribution in [-0.2, 0) is 16.2 Å². The molecule has 2 aliphatic rings. The van der Waals surface area contributed by atoms with Crippen LogP contribution in [0.3, 0.4) is 0 Å². The molecule has 0 heterocycles. The molecule has 0 bridgehead atoms. The average Bonchev–Trinajstić information content (AvgIpc) is 3.82. The van der Waals surface area contributed by atoms with E-state index in [-0.39, 0.29) is 10.8 Å². The number of rotatable bonds is 8. The maximum atomic E-state index is 2.53. The van der Waals surface area contributed by atoms with E-state index in [2.05, 4.69) is 282 Å². The van der Waals surface area contributed by atoms with Crippen LogP contribution >= 0.6 is 0 Å². The van der Waals surface area contributed by atoms with Crippen molar-refractivity contribution in [3.63, 3.8) is 0 Å². The number of hydrogen-bond acceptors (Lipinski definition) is 1. The Bertz CT molecular complexity index is 3480. The molecule has 0 unspecified atom stereocenters. The zero-order valence-corrected chi connectivity index (χ0v) is 40.0. The molecule has 332 valence electrons. The summed E-state index contributed by atoms with van der Waals surface area (Å²) in [7, 11) is 0. The predicted molar refractivity (Wildman–Crippen MR) is 291 cm³/mol. The SMILES string of the molecule is CC(C)(C)c1ccc(-c2ccc(-c3ccccc3)c3c2C(c2ccccc2)(c2ccccc2)c2cc(N(c4cccc(-c5ccccc5)c4)c4ccc5c(c4)C(C)(C)c4ccccc4-5)ccc2-3)cc1. The highest BCUT2D eigenvalue weighted by Gasteiger charge is 2.49. The smallest absolute Gasteiger partial charge is 0.0720 e. The van der Waals surface area contributed by atoms with Crippen LogP contribution in [0.15, 0.2) is 243 Å². The fourth-order valence-electron chi connectivity index (χ4n) is 11.7. The second-order valence-corrected chi connectivity index (χ2v) is 20.5. The zero-order chi connectivity index (χ0) is 46.9. The molecule has 0 N–H and O–H groups in total. The first-order valence-corrected chi connectivity index (χ1v) is 24.4. The fraction of sp³-hybridized carbons (Fsp3) is 0.118. The molecule has 0 saturated heterocycles. The minimum atomic E-state index is -0.689. The molecular formula is C68H55N. The Balaban J connectivity index is 1.17. The molecule has 0 saturated carbocycles. The average molecular weight is 886 g/mol. The van der Waals surface area contributed by atoms with E-state index in [4.69, 9.17) is 0 Å². The van der Waals surface area contributed by atoms with Crippen LogP contribution in [0.4, 0.5) is 17.1 Å². The third kappa shape index (κ3) is 6.82. The summed E-state index contributed by atoms with van der Waals surface area (Å²) in [6.45, 7) is 11.6. The van der Waals surface area contributed by atoms with Crippen molar-refractivity contribution >= 4 is 17.1 Å². The standard InChI is InChI=1S/C68H55N/c1-66(2,3)50-35-33-48(34-36-50)57-42-41-56(47-23-12-7-13-24-47)64-60-40-38-55(45-63(60)68(65(57)64,51-26-14-8-15-27-51)52-28-16-9-17-29-52)69(53-30-20-25-49(43-53)46-21-10-6-11-22-46)54-37-39-59-58-31-18-19-32-61(58)67(4,5)62(59)44-54/h6-45H,1-5H3. The maximum absolute atomic E-state index is 2.53. The highest BCUT2D eigenvalue weighted by Crippen LogP contribution is 2.62. The molecule has 1 heteroatoms. The predicted octanol–water partition coefficient (Wildman–Crippen LogP) is 18.1. The molecule has 0 radical (unpaired) electrons. The Labute approximate surface area is 408 Å². The van der Waals surface area contributed by atoms with Crippen molar-refractivity contribution in [1.82, 2.24) is 0 Å². The molecule has 0 spiro atoms. The molecule has 10 aromatic carbocycles. The summed E-state index contributed by atoms with van der Waals surface area (Å²) in [5.74, 6) is 0. The molecule has 0 fully saturated rings. The second kappa shape index (κ2) is 16.4. The molecule has 69 heavy (non-hydrogen) atoms. The van der Waals surface area contributed by atoms with Crippen molar-refractivity contribution < 1.29 is 0 Å². The van der Waals surface area contributed by atoms with Gasteiger partial charge in [-0.1, -0.05) is 241 Å². The van der Waals surface area contributed by atoms with Crippen LogP contribution in [-0.4, -0.2) is 0 Å². The van der Waals surface area contributed by atoms with Crippen molar-refractivity contribution in [3.8, 4) is 55.6 Å². The summed E-state index contributed by atoms with van der Waals surface area (Å²) >= 11 is 0. The second-order valence-electron chi connectivity index (χ2n) is 20.5.